The summed E-state index contributed by atoms with van der Waals surface area (Å²) in [7, 11) is 0. The van der Waals surface area contributed by atoms with Gasteiger partial charge in [-0.15, -0.1) is 22.7 Å². The van der Waals surface area contributed by atoms with Crippen molar-refractivity contribution in [2.75, 3.05) is 5.73 Å². The molecule has 10 aromatic rings. The Labute approximate surface area is 361 Å². The van der Waals surface area contributed by atoms with Crippen LogP contribution in [0.25, 0.3) is 63.8 Å². The fourth-order valence-corrected chi connectivity index (χ4v) is 8.68. The number of aldehydes is 1. The maximum Gasteiger partial charge on any atom is 0.153 e. The zero-order chi connectivity index (χ0) is 42.0. The summed E-state index contributed by atoms with van der Waals surface area (Å²) in [6.07, 6.45) is 2.31. The molecule has 0 saturated carbocycles. The van der Waals surface area contributed by atoms with Crippen LogP contribution >= 0.6 is 22.7 Å². The first-order chi connectivity index (χ1) is 30.0. The van der Waals surface area contributed by atoms with Gasteiger partial charge in [-0.1, -0.05) is 133 Å². The summed E-state index contributed by atoms with van der Waals surface area (Å²) in [6, 6.07) is 62.7. The van der Waals surface area contributed by atoms with Crippen molar-refractivity contribution >= 4 is 67.0 Å². The van der Waals surface area contributed by atoms with Crippen molar-refractivity contribution in [3.05, 3.63) is 205 Å². The van der Waals surface area contributed by atoms with Gasteiger partial charge in [0.1, 0.15) is 21.5 Å². The van der Waals surface area contributed by atoms with Crippen molar-refractivity contribution in [2.45, 2.75) is 0 Å². The fraction of sp³-hybridized carbons (Fsp3) is 0. The molecule has 10 rings (SSSR count). The molecule has 0 bridgehead atoms. The van der Waals surface area contributed by atoms with Crippen molar-refractivity contribution in [2.24, 2.45) is 4.99 Å². The Kier molecular flexibility index (Phi) is 12.4. The topological polar surface area (TPSA) is 122 Å². The SMILES string of the molecule is Nc1ccccc1-c1nc2c(-c3ccccc3)cccc2s1.O=Cc1ccccc1O.Oc1ccccc1C=Nc1ccccc1-c1nc2c(-c3ccccc3)cccc2s1. The molecule has 0 atom stereocenters. The van der Waals surface area contributed by atoms with E-state index in [0.717, 1.165) is 64.9 Å². The summed E-state index contributed by atoms with van der Waals surface area (Å²) in [5.41, 5.74) is 17.3. The number of carbonyl (C=O) groups excluding carboxylic acids is 1. The van der Waals surface area contributed by atoms with Gasteiger partial charge in [0, 0.05) is 39.7 Å². The Hall–Kier alpha value is -7.72. The van der Waals surface area contributed by atoms with Crippen molar-refractivity contribution < 1.29 is 15.0 Å². The number of nitrogens with two attached hydrogens (primary N) is 1. The lowest BCUT2D eigenvalue weighted by atomic mass is 10.0. The fourth-order valence-electron chi connectivity index (χ4n) is 6.61. The first kappa shape index (κ1) is 40.1. The van der Waals surface area contributed by atoms with Gasteiger partial charge in [0.25, 0.3) is 0 Å². The number of para-hydroxylation sites is 6. The van der Waals surface area contributed by atoms with E-state index in [2.05, 4.69) is 77.8 Å². The van der Waals surface area contributed by atoms with Crippen LogP contribution in [0, 0.1) is 0 Å². The van der Waals surface area contributed by atoms with Crippen molar-refractivity contribution in [3.63, 3.8) is 0 Å². The maximum absolute atomic E-state index is 10.1. The average molecular weight is 831 g/mol. The van der Waals surface area contributed by atoms with Gasteiger partial charge >= 0.3 is 0 Å². The van der Waals surface area contributed by atoms with E-state index in [4.69, 9.17) is 20.8 Å². The Balaban J connectivity index is 0.000000144. The third kappa shape index (κ3) is 9.29. The van der Waals surface area contributed by atoms with Crippen LogP contribution in [0.3, 0.4) is 0 Å². The molecule has 0 spiro atoms. The molecule has 0 saturated heterocycles. The zero-order valence-corrected chi connectivity index (χ0v) is 34.3. The number of rotatable bonds is 7. The first-order valence-electron chi connectivity index (χ1n) is 19.4. The highest BCUT2D eigenvalue weighted by Gasteiger charge is 2.14. The van der Waals surface area contributed by atoms with E-state index in [1.807, 2.05) is 84.9 Å². The van der Waals surface area contributed by atoms with Crippen LogP contribution in [-0.2, 0) is 0 Å². The second-order valence-electron chi connectivity index (χ2n) is 13.7. The minimum Gasteiger partial charge on any atom is -0.507 e. The second kappa shape index (κ2) is 18.9. The molecule has 61 heavy (non-hydrogen) atoms. The summed E-state index contributed by atoms with van der Waals surface area (Å²) in [5.74, 6) is 0.249. The molecular weight excluding hydrogens is 793 g/mol. The van der Waals surface area contributed by atoms with Gasteiger partial charge in [0.2, 0.25) is 0 Å². The smallest absolute Gasteiger partial charge is 0.153 e. The molecule has 4 N–H and O–H groups in total. The quantitative estimate of drug-likeness (QED) is 0.0835. The molecule has 0 fully saturated rings. The maximum atomic E-state index is 10.1. The summed E-state index contributed by atoms with van der Waals surface area (Å²) in [4.78, 5) is 24.6. The predicted molar refractivity (Wildman–Crippen MR) is 254 cm³/mol. The van der Waals surface area contributed by atoms with Crippen LogP contribution in [0.4, 0.5) is 11.4 Å². The first-order valence-corrected chi connectivity index (χ1v) is 21.0. The number of anilines is 1. The number of phenols is 2. The molecule has 8 aromatic carbocycles. The van der Waals surface area contributed by atoms with Crippen LogP contribution in [0.15, 0.2) is 199 Å². The molecule has 296 valence electrons. The molecule has 0 radical (unpaired) electrons. The van der Waals surface area contributed by atoms with Gasteiger partial charge in [0.15, 0.2) is 6.29 Å². The molecule has 0 aliphatic rings. The molecular formula is C52H38N4O3S2. The van der Waals surface area contributed by atoms with Crippen molar-refractivity contribution in [1.29, 1.82) is 0 Å². The molecule has 2 heterocycles. The van der Waals surface area contributed by atoms with Gasteiger partial charge in [-0.05, 0) is 71.8 Å². The van der Waals surface area contributed by atoms with Crippen LogP contribution < -0.4 is 5.73 Å². The highest BCUT2D eigenvalue weighted by molar-refractivity contribution is 7.22. The number of hydrogen-bond donors (Lipinski definition) is 3. The standard InChI is InChI=1S/C26H18N2OS.C19H14N2S.C7H6O2/c29-23-15-7-4-11-19(23)17-27-22-14-6-5-12-21(22)26-28-25-20(13-8-16-24(25)30-26)18-9-2-1-3-10-18;20-16-11-5-4-9-15(16)19-21-18-14(10-6-12-17(18)22-19)13-7-2-1-3-8-13;8-5-6-3-1-2-4-7(6)9/h1-17,29H;1-12H,20H2;1-5,9H. The number of benzene rings is 8. The number of aromatic nitrogens is 2. The molecule has 9 heteroatoms. The summed E-state index contributed by atoms with van der Waals surface area (Å²) < 4.78 is 2.32. The molecule has 2 aromatic heterocycles. The number of aromatic hydroxyl groups is 2. The van der Waals surface area contributed by atoms with Gasteiger partial charge < -0.3 is 15.9 Å². The summed E-state index contributed by atoms with van der Waals surface area (Å²) >= 11 is 3.35. The van der Waals surface area contributed by atoms with Crippen molar-refractivity contribution in [3.8, 4) is 54.9 Å². The third-order valence-electron chi connectivity index (χ3n) is 9.68. The van der Waals surface area contributed by atoms with Gasteiger partial charge in [0.05, 0.1) is 31.7 Å². The Morgan fingerprint density at radius 2 is 0.902 bits per heavy atom. The second-order valence-corrected chi connectivity index (χ2v) is 15.7. The van der Waals surface area contributed by atoms with Gasteiger partial charge in [-0.3, -0.25) is 9.79 Å². The van der Waals surface area contributed by atoms with Crippen LogP contribution in [-0.4, -0.2) is 32.7 Å². The minimum atomic E-state index is 0.0347. The Bertz CT molecular complexity index is 3110. The average Bonchev–Trinajstić information content (AvgIpc) is 3.96. The number of aliphatic imine (C=N–C) groups is 1. The number of nitrogens with zero attached hydrogens (tertiary/aromatic N) is 3. The van der Waals surface area contributed by atoms with E-state index in [1.54, 1.807) is 59.2 Å². The largest absolute Gasteiger partial charge is 0.507 e. The number of carbonyl (C=O) groups is 1. The van der Waals surface area contributed by atoms with Crippen LogP contribution in [0.2, 0.25) is 0 Å². The number of nitrogen functional groups attached to an aromatic ring is 1. The van der Waals surface area contributed by atoms with E-state index < -0.39 is 0 Å². The van der Waals surface area contributed by atoms with E-state index in [9.17, 15) is 9.90 Å². The number of hydrogen-bond acceptors (Lipinski definition) is 9. The molecule has 0 aliphatic heterocycles. The van der Waals surface area contributed by atoms with Crippen molar-refractivity contribution in [1.82, 2.24) is 9.97 Å². The molecule has 0 amide bonds. The molecule has 0 aliphatic carbocycles. The summed E-state index contributed by atoms with van der Waals surface area (Å²) in [6.45, 7) is 0. The highest BCUT2D eigenvalue weighted by atomic mass is 32.1. The highest BCUT2D eigenvalue weighted by Crippen LogP contribution is 2.40. The lowest BCUT2D eigenvalue weighted by Crippen LogP contribution is -1.88. The number of thiazole rings is 2. The summed E-state index contributed by atoms with van der Waals surface area (Å²) in [5, 5.41) is 20.8. The number of fused-ring (bicyclic) bond motifs is 2. The normalized spacial score (nSPS) is 10.8. The number of phenolic OH excluding ortho intramolecular Hbond substituents is 2. The minimum absolute atomic E-state index is 0.0347. The molecule has 0 unspecified atom stereocenters. The molecule has 7 nitrogen and oxygen atoms in total. The van der Waals surface area contributed by atoms with Crippen LogP contribution in [0.1, 0.15) is 15.9 Å². The van der Waals surface area contributed by atoms with Gasteiger partial charge in [-0.25, -0.2) is 9.97 Å². The van der Waals surface area contributed by atoms with Crippen LogP contribution in [0.5, 0.6) is 11.5 Å². The predicted octanol–water partition coefficient (Wildman–Crippen LogP) is 13.5. The van der Waals surface area contributed by atoms with E-state index >= 15 is 0 Å². The van der Waals surface area contributed by atoms with E-state index in [1.165, 1.54) is 16.3 Å². The lowest BCUT2D eigenvalue weighted by molar-refractivity contribution is 0.112. The zero-order valence-electron chi connectivity index (χ0n) is 32.7. The Morgan fingerprint density at radius 3 is 1.43 bits per heavy atom. The lowest BCUT2D eigenvalue weighted by Gasteiger charge is -2.03. The monoisotopic (exact) mass is 830 g/mol. The van der Waals surface area contributed by atoms with Gasteiger partial charge in [-0.2, -0.15) is 0 Å². The van der Waals surface area contributed by atoms with E-state index in [-0.39, 0.29) is 11.5 Å². The third-order valence-corrected chi connectivity index (χ3v) is 11.8. The van der Waals surface area contributed by atoms with E-state index in [0.29, 0.717) is 17.4 Å². The Morgan fingerprint density at radius 1 is 0.459 bits per heavy atom.